The number of ether oxygens (including phenoxy) is 1. The second kappa shape index (κ2) is 9.94. The Kier molecular flexibility index (Phi) is 7.55. The molecular formula is C22H27BrN2O4S. The van der Waals surface area contributed by atoms with Gasteiger partial charge in [-0.05, 0) is 78.4 Å². The minimum Gasteiger partial charge on any atom is -0.480 e. The summed E-state index contributed by atoms with van der Waals surface area (Å²) in [5.74, 6) is 0.693. The molecule has 30 heavy (non-hydrogen) atoms. The molecule has 1 fully saturated rings. The van der Waals surface area contributed by atoms with Crippen LogP contribution < -0.4 is 10.1 Å². The van der Waals surface area contributed by atoms with Gasteiger partial charge < -0.3 is 10.1 Å². The number of aryl methyl sites for hydroxylation is 1. The van der Waals surface area contributed by atoms with Crippen molar-refractivity contribution < 1.29 is 17.9 Å². The first kappa shape index (κ1) is 22.8. The third-order valence-corrected chi connectivity index (χ3v) is 7.81. The highest BCUT2D eigenvalue weighted by Gasteiger charge is 2.29. The standard InChI is InChI=1S/C22H27BrN2O4S/c1-16-8-9-21(20(23)14-16)29-17(2)22(26)24-15-18-10-12-25(13-11-18)30(27,28)19-6-4-3-5-7-19/h3-9,14,17-18H,10-13,15H2,1-2H3,(H,24,26). The lowest BCUT2D eigenvalue weighted by Gasteiger charge is -2.31. The lowest BCUT2D eigenvalue weighted by atomic mass is 9.98. The molecule has 2 aromatic carbocycles. The van der Waals surface area contributed by atoms with Crippen molar-refractivity contribution in [2.45, 2.75) is 37.7 Å². The van der Waals surface area contributed by atoms with Crippen LogP contribution >= 0.6 is 15.9 Å². The number of nitrogens with one attached hydrogen (secondary N) is 1. The highest BCUT2D eigenvalue weighted by molar-refractivity contribution is 9.10. The summed E-state index contributed by atoms with van der Waals surface area (Å²) in [7, 11) is -3.45. The minimum atomic E-state index is -3.45. The van der Waals surface area contributed by atoms with Crippen molar-refractivity contribution in [1.29, 1.82) is 0 Å². The summed E-state index contributed by atoms with van der Waals surface area (Å²) in [6, 6.07) is 14.2. The number of rotatable bonds is 7. The molecule has 6 nitrogen and oxygen atoms in total. The van der Waals surface area contributed by atoms with E-state index in [1.165, 1.54) is 4.31 Å². The van der Waals surface area contributed by atoms with Gasteiger partial charge in [0.2, 0.25) is 10.0 Å². The third kappa shape index (κ3) is 5.62. The molecule has 0 bridgehead atoms. The molecule has 1 amide bonds. The zero-order valence-electron chi connectivity index (χ0n) is 17.2. The van der Waals surface area contributed by atoms with Gasteiger partial charge in [-0.1, -0.05) is 24.3 Å². The summed E-state index contributed by atoms with van der Waals surface area (Å²) >= 11 is 3.45. The molecule has 1 aliphatic rings. The molecular weight excluding hydrogens is 468 g/mol. The number of halogens is 1. The van der Waals surface area contributed by atoms with Gasteiger partial charge in [0.05, 0.1) is 9.37 Å². The van der Waals surface area contributed by atoms with Gasteiger partial charge in [-0.15, -0.1) is 0 Å². The molecule has 1 unspecified atom stereocenters. The van der Waals surface area contributed by atoms with E-state index in [0.29, 0.717) is 43.1 Å². The number of amides is 1. The molecule has 1 atom stereocenters. The molecule has 2 aromatic rings. The second-order valence-corrected chi connectivity index (χ2v) is 10.4. The van der Waals surface area contributed by atoms with Crippen molar-refractivity contribution in [3.05, 3.63) is 58.6 Å². The summed E-state index contributed by atoms with van der Waals surface area (Å²) in [5, 5.41) is 2.94. The Labute approximate surface area is 186 Å². The van der Waals surface area contributed by atoms with E-state index in [1.54, 1.807) is 37.3 Å². The first-order valence-electron chi connectivity index (χ1n) is 10.0. The molecule has 0 aromatic heterocycles. The number of piperidine rings is 1. The number of carbonyl (C=O) groups is 1. The fourth-order valence-electron chi connectivity index (χ4n) is 3.43. The number of hydrogen-bond donors (Lipinski definition) is 1. The molecule has 0 spiro atoms. The molecule has 1 aliphatic heterocycles. The van der Waals surface area contributed by atoms with E-state index >= 15 is 0 Å². The van der Waals surface area contributed by atoms with Gasteiger partial charge in [0.1, 0.15) is 5.75 Å². The maximum atomic E-state index is 12.7. The summed E-state index contributed by atoms with van der Waals surface area (Å²) < 4.78 is 33.5. The van der Waals surface area contributed by atoms with Crippen molar-refractivity contribution in [2.75, 3.05) is 19.6 Å². The average Bonchev–Trinajstić information content (AvgIpc) is 2.75. The fourth-order valence-corrected chi connectivity index (χ4v) is 5.51. The van der Waals surface area contributed by atoms with Crippen LogP contribution in [0.2, 0.25) is 0 Å². The van der Waals surface area contributed by atoms with Crippen molar-refractivity contribution in [3.8, 4) is 5.75 Å². The van der Waals surface area contributed by atoms with Crippen LogP contribution in [0.4, 0.5) is 0 Å². The zero-order chi connectivity index (χ0) is 21.7. The Hall–Kier alpha value is -1.90. The van der Waals surface area contributed by atoms with Crippen molar-refractivity contribution >= 4 is 31.9 Å². The first-order chi connectivity index (χ1) is 14.3. The number of sulfonamides is 1. The van der Waals surface area contributed by atoms with Crippen LogP contribution in [0.25, 0.3) is 0 Å². The van der Waals surface area contributed by atoms with Gasteiger partial charge in [-0.2, -0.15) is 4.31 Å². The summed E-state index contributed by atoms with van der Waals surface area (Å²) in [6.07, 6.45) is 0.804. The van der Waals surface area contributed by atoms with Gasteiger partial charge in [0.25, 0.3) is 5.91 Å². The van der Waals surface area contributed by atoms with E-state index in [4.69, 9.17) is 4.74 Å². The lowest BCUT2D eigenvalue weighted by molar-refractivity contribution is -0.127. The van der Waals surface area contributed by atoms with Crippen LogP contribution in [-0.2, 0) is 14.8 Å². The molecule has 3 rings (SSSR count). The summed E-state index contributed by atoms with van der Waals surface area (Å²) in [4.78, 5) is 12.7. The fraction of sp³-hybridized carbons (Fsp3) is 0.409. The molecule has 1 N–H and O–H groups in total. The molecule has 1 saturated heterocycles. The Morgan fingerprint density at radius 1 is 1.20 bits per heavy atom. The third-order valence-electron chi connectivity index (χ3n) is 5.28. The van der Waals surface area contributed by atoms with E-state index in [0.717, 1.165) is 10.0 Å². The van der Waals surface area contributed by atoms with Gasteiger partial charge in [-0.25, -0.2) is 8.42 Å². The van der Waals surface area contributed by atoms with E-state index in [2.05, 4.69) is 21.2 Å². The number of benzene rings is 2. The summed E-state index contributed by atoms with van der Waals surface area (Å²) in [5.41, 5.74) is 1.10. The van der Waals surface area contributed by atoms with E-state index < -0.39 is 16.1 Å². The van der Waals surface area contributed by atoms with Gasteiger partial charge in [0.15, 0.2) is 6.10 Å². The van der Waals surface area contributed by atoms with Crippen molar-refractivity contribution in [1.82, 2.24) is 9.62 Å². The van der Waals surface area contributed by atoms with Crippen molar-refractivity contribution in [3.63, 3.8) is 0 Å². The lowest BCUT2D eigenvalue weighted by Crippen LogP contribution is -2.43. The molecule has 162 valence electrons. The largest absolute Gasteiger partial charge is 0.480 e. The second-order valence-electron chi connectivity index (χ2n) is 7.60. The highest BCUT2D eigenvalue weighted by Crippen LogP contribution is 2.27. The molecule has 0 aliphatic carbocycles. The van der Waals surface area contributed by atoms with Crippen LogP contribution in [0.5, 0.6) is 5.75 Å². The summed E-state index contributed by atoms with van der Waals surface area (Å²) in [6.45, 7) is 5.14. The Morgan fingerprint density at radius 2 is 1.87 bits per heavy atom. The van der Waals surface area contributed by atoms with Gasteiger partial charge >= 0.3 is 0 Å². The molecule has 8 heteroatoms. The number of carbonyl (C=O) groups excluding carboxylic acids is 1. The monoisotopic (exact) mass is 494 g/mol. The normalized spacial score (nSPS) is 16.8. The smallest absolute Gasteiger partial charge is 0.260 e. The van der Waals surface area contributed by atoms with E-state index in [-0.39, 0.29) is 11.8 Å². The Balaban J connectivity index is 1.46. The quantitative estimate of drug-likeness (QED) is 0.635. The predicted molar refractivity (Wildman–Crippen MR) is 120 cm³/mol. The highest BCUT2D eigenvalue weighted by atomic mass is 79.9. The topological polar surface area (TPSA) is 75.7 Å². The average molecular weight is 495 g/mol. The van der Waals surface area contributed by atoms with Crippen LogP contribution in [0.3, 0.4) is 0 Å². The maximum Gasteiger partial charge on any atom is 0.260 e. The van der Waals surface area contributed by atoms with Crippen LogP contribution in [-0.4, -0.2) is 44.4 Å². The molecule has 0 saturated carbocycles. The predicted octanol–water partition coefficient (Wildman–Crippen LogP) is 3.74. The van der Waals surface area contributed by atoms with Gasteiger partial charge in [0, 0.05) is 19.6 Å². The minimum absolute atomic E-state index is 0.179. The first-order valence-corrected chi connectivity index (χ1v) is 12.3. The van der Waals surface area contributed by atoms with Crippen LogP contribution in [0.1, 0.15) is 25.3 Å². The van der Waals surface area contributed by atoms with Crippen LogP contribution in [0.15, 0.2) is 57.9 Å². The Morgan fingerprint density at radius 3 is 2.50 bits per heavy atom. The molecule has 1 heterocycles. The Bertz CT molecular complexity index is 974. The number of hydrogen-bond acceptors (Lipinski definition) is 4. The van der Waals surface area contributed by atoms with Gasteiger partial charge in [-0.3, -0.25) is 4.79 Å². The number of nitrogens with zero attached hydrogens (tertiary/aromatic N) is 1. The zero-order valence-corrected chi connectivity index (χ0v) is 19.6. The van der Waals surface area contributed by atoms with Crippen LogP contribution in [0, 0.1) is 12.8 Å². The van der Waals surface area contributed by atoms with E-state index in [1.807, 2.05) is 25.1 Å². The van der Waals surface area contributed by atoms with Crippen molar-refractivity contribution in [2.24, 2.45) is 5.92 Å². The van der Waals surface area contributed by atoms with E-state index in [9.17, 15) is 13.2 Å². The SMILES string of the molecule is Cc1ccc(OC(C)C(=O)NCC2CCN(S(=O)(=O)c3ccccc3)CC2)c(Br)c1. The maximum absolute atomic E-state index is 12.7. The molecule has 0 radical (unpaired) electrons.